The number of ether oxygens (including phenoxy) is 4. The van der Waals surface area contributed by atoms with Gasteiger partial charge in [-0.3, -0.25) is 9.59 Å². The summed E-state index contributed by atoms with van der Waals surface area (Å²) >= 11 is 11.8. The van der Waals surface area contributed by atoms with Crippen LogP contribution in [0.2, 0.25) is 10.0 Å². The molecule has 27 heavy (non-hydrogen) atoms. The smallest absolute Gasteiger partial charge is 0.310 e. The molecule has 0 bridgehead atoms. The first kappa shape index (κ1) is 20.9. The minimum Gasteiger partial charge on any atom is -0.493 e. The van der Waals surface area contributed by atoms with Gasteiger partial charge in [0.1, 0.15) is 0 Å². The van der Waals surface area contributed by atoms with Crippen LogP contribution in [0, 0.1) is 0 Å². The van der Waals surface area contributed by atoms with Crippen molar-refractivity contribution in [1.82, 2.24) is 0 Å². The van der Waals surface area contributed by atoms with Crippen molar-refractivity contribution in [3.8, 4) is 17.2 Å². The number of esters is 1. The average Bonchev–Trinajstić information content (AvgIpc) is 2.66. The zero-order chi connectivity index (χ0) is 20.0. The van der Waals surface area contributed by atoms with E-state index in [9.17, 15) is 9.59 Å². The molecule has 0 aromatic heterocycles. The van der Waals surface area contributed by atoms with Gasteiger partial charge < -0.3 is 18.9 Å². The molecule has 2 rings (SSSR count). The number of halogens is 2. The zero-order valence-corrected chi connectivity index (χ0v) is 16.5. The summed E-state index contributed by atoms with van der Waals surface area (Å²) in [7, 11) is 4.36. The molecule has 0 heterocycles. The molecule has 0 atom stereocenters. The van der Waals surface area contributed by atoms with Crippen LogP contribution in [-0.4, -0.2) is 39.7 Å². The lowest BCUT2D eigenvalue weighted by atomic mass is 10.1. The fraction of sp³-hybridized carbons (Fsp3) is 0.263. The molecule has 0 amide bonds. The highest BCUT2D eigenvalue weighted by Gasteiger charge is 2.18. The van der Waals surface area contributed by atoms with Crippen molar-refractivity contribution in [3.05, 3.63) is 51.5 Å². The number of hydrogen-bond acceptors (Lipinski definition) is 6. The molecule has 0 radical (unpaired) electrons. The Morgan fingerprint density at radius 2 is 1.56 bits per heavy atom. The Kier molecular flexibility index (Phi) is 7.33. The van der Waals surface area contributed by atoms with Crippen LogP contribution < -0.4 is 14.2 Å². The number of carbonyl (C=O) groups is 2. The molecule has 2 aromatic carbocycles. The van der Waals surface area contributed by atoms with Crippen LogP contribution >= 0.6 is 23.2 Å². The van der Waals surface area contributed by atoms with Gasteiger partial charge in [-0.15, -0.1) is 0 Å². The molecule has 0 unspecified atom stereocenters. The van der Waals surface area contributed by atoms with E-state index in [-0.39, 0.29) is 12.0 Å². The number of Topliss-reactive ketones (excluding diaryl/α,β-unsaturated/α-hetero) is 1. The summed E-state index contributed by atoms with van der Waals surface area (Å²) in [6, 6.07) is 7.78. The van der Waals surface area contributed by atoms with Gasteiger partial charge in [0.2, 0.25) is 11.5 Å². The Labute approximate surface area is 166 Å². The third-order valence-electron chi connectivity index (χ3n) is 3.70. The Morgan fingerprint density at radius 3 is 2.07 bits per heavy atom. The fourth-order valence-electron chi connectivity index (χ4n) is 2.34. The predicted octanol–water partition coefficient (Wildman–Crippen LogP) is 3.99. The molecule has 0 aliphatic heterocycles. The summed E-state index contributed by atoms with van der Waals surface area (Å²) in [5.41, 5.74) is 0.827. The second-order valence-corrected chi connectivity index (χ2v) is 6.25. The molecule has 144 valence electrons. The number of ketones is 1. The van der Waals surface area contributed by atoms with E-state index in [0.29, 0.717) is 32.9 Å². The number of benzene rings is 2. The molecular formula is C19H18Cl2O6. The molecule has 6 nitrogen and oxygen atoms in total. The normalized spacial score (nSPS) is 10.3. The van der Waals surface area contributed by atoms with E-state index in [1.807, 2.05) is 0 Å². The monoisotopic (exact) mass is 412 g/mol. The molecule has 0 aliphatic carbocycles. The first-order chi connectivity index (χ1) is 12.9. The first-order valence-electron chi connectivity index (χ1n) is 7.82. The lowest BCUT2D eigenvalue weighted by Gasteiger charge is -2.13. The third kappa shape index (κ3) is 5.28. The maximum absolute atomic E-state index is 12.4. The van der Waals surface area contributed by atoms with E-state index >= 15 is 0 Å². The van der Waals surface area contributed by atoms with Crippen LogP contribution in [0.3, 0.4) is 0 Å². The van der Waals surface area contributed by atoms with E-state index in [4.69, 9.17) is 42.1 Å². The maximum atomic E-state index is 12.4. The highest BCUT2D eigenvalue weighted by atomic mass is 35.5. The van der Waals surface area contributed by atoms with Gasteiger partial charge in [-0.1, -0.05) is 29.3 Å². The topological polar surface area (TPSA) is 71.1 Å². The second kappa shape index (κ2) is 9.48. The summed E-state index contributed by atoms with van der Waals surface area (Å²) in [6.45, 7) is -0.428. The van der Waals surface area contributed by atoms with Crippen LogP contribution in [0.1, 0.15) is 15.9 Å². The predicted molar refractivity (Wildman–Crippen MR) is 102 cm³/mol. The molecule has 8 heteroatoms. The van der Waals surface area contributed by atoms with Crippen molar-refractivity contribution in [2.75, 3.05) is 27.9 Å². The maximum Gasteiger partial charge on any atom is 0.310 e. The van der Waals surface area contributed by atoms with Crippen molar-refractivity contribution in [2.24, 2.45) is 0 Å². The molecule has 0 N–H and O–H groups in total. The van der Waals surface area contributed by atoms with Crippen LogP contribution in [0.4, 0.5) is 0 Å². The number of rotatable bonds is 8. The highest BCUT2D eigenvalue weighted by Crippen LogP contribution is 2.38. The Bertz CT molecular complexity index is 825. The molecule has 0 aliphatic rings. The van der Waals surface area contributed by atoms with Crippen LogP contribution in [0.5, 0.6) is 17.2 Å². The van der Waals surface area contributed by atoms with Crippen LogP contribution in [-0.2, 0) is 16.0 Å². The van der Waals surface area contributed by atoms with E-state index in [1.165, 1.54) is 39.5 Å². The Balaban J connectivity index is 2.05. The van der Waals surface area contributed by atoms with Gasteiger partial charge in [-0.05, 0) is 29.8 Å². The SMILES string of the molecule is COc1cc(C(=O)COC(=O)Cc2ccc(Cl)cc2Cl)cc(OC)c1OC. The highest BCUT2D eigenvalue weighted by molar-refractivity contribution is 6.35. The van der Waals surface area contributed by atoms with Crippen molar-refractivity contribution in [1.29, 1.82) is 0 Å². The fourth-order valence-corrected chi connectivity index (χ4v) is 2.82. The lowest BCUT2D eigenvalue weighted by Crippen LogP contribution is -2.16. The molecule has 0 fully saturated rings. The van der Waals surface area contributed by atoms with Gasteiger partial charge >= 0.3 is 5.97 Å². The Morgan fingerprint density at radius 1 is 0.926 bits per heavy atom. The molecule has 2 aromatic rings. The summed E-state index contributed by atoms with van der Waals surface area (Å²) < 4.78 is 20.7. The third-order valence-corrected chi connectivity index (χ3v) is 4.29. The molecular weight excluding hydrogens is 395 g/mol. The van der Waals surface area contributed by atoms with Gasteiger partial charge in [0.15, 0.2) is 18.1 Å². The summed E-state index contributed by atoms with van der Waals surface area (Å²) in [5, 5.41) is 0.824. The molecule has 0 saturated carbocycles. The first-order valence-corrected chi connectivity index (χ1v) is 8.58. The van der Waals surface area contributed by atoms with Crippen molar-refractivity contribution in [3.63, 3.8) is 0 Å². The quantitative estimate of drug-likeness (QED) is 0.482. The number of carbonyl (C=O) groups excluding carboxylic acids is 2. The number of hydrogen-bond donors (Lipinski definition) is 0. The second-order valence-electron chi connectivity index (χ2n) is 5.41. The largest absolute Gasteiger partial charge is 0.493 e. The standard InChI is InChI=1S/C19H18Cl2O6/c1-24-16-6-12(7-17(25-2)19(16)26-3)15(22)10-27-18(23)8-11-4-5-13(20)9-14(11)21/h4-7,9H,8,10H2,1-3H3. The van der Waals surface area contributed by atoms with Gasteiger partial charge in [0.25, 0.3) is 0 Å². The summed E-state index contributed by atoms with van der Waals surface area (Å²) in [4.78, 5) is 24.4. The van der Waals surface area contributed by atoms with Crippen molar-refractivity contribution < 1.29 is 28.5 Å². The summed E-state index contributed by atoms with van der Waals surface area (Å²) in [6.07, 6.45) is -0.0709. The van der Waals surface area contributed by atoms with Crippen molar-refractivity contribution >= 4 is 35.0 Å². The minimum atomic E-state index is -0.583. The van der Waals surface area contributed by atoms with Gasteiger partial charge in [0.05, 0.1) is 27.8 Å². The lowest BCUT2D eigenvalue weighted by molar-refractivity contribution is -0.141. The van der Waals surface area contributed by atoms with E-state index in [2.05, 4.69) is 0 Å². The molecule has 0 spiro atoms. The van der Waals surface area contributed by atoms with E-state index in [1.54, 1.807) is 12.1 Å². The number of methoxy groups -OCH3 is 3. The van der Waals surface area contributed by atoms with Gasteiger partial charge in [-0.2, -0.15) is 0 Å². The zero-order valence-electron chi connectivity index (χ0n) is 15.0. The minimum absolute atomic E-state index is 0.0709. The van der Waals surface area contributed by atoms with E-state index in [0.717, 1.165) is 0 Å². The van der Waals surface area contributed by atoms with Crippen LogP contribution in [0.15, 0.2) is 30.3 Å². The van der Waals surface area contributed by atoms with E-state index < -0.39 is 18.4 Å². The Hall–Kier alpha value is -2.44. The van der Waals surface area contributed by atoms with Gasteiger partial charge in [-0.25, -0.2) is 0 Å². The van der Waals surface area contributed by atoms with Crippen LogP contribution in [0.25, 0.3) is 0 Å². The molecule has 0 saturated heterocycles. The summed E-state index contributed by atoms with van der Waals surface area (Å²) in [5.74, 6) is 0.0368. The van der Waals surface area contributed by atoms with Crippen molar-refractivity contribution in [2.45, 2.75) is 6.42 Å². The average molecular weight is 413 g/mol. The van der Waals surface area contributed by atoms with Gasteiger partial charge in [0, 0.05) is 15.6 Å².